The number of carboxylic acid groups (broad SMARTS) is 1. The Labute approximate surface area is 165 Å². The number of ether oxygens (including phenoxy) is 1. The van der Waals surface area contributed by atoms with Gasteiger partial charge in [0.15, 0.2) is 0 Å². The molecule has 3 N–H and O–H groups in total. The van der Waals surface area contributed by atoms with Crippen molar-refractivity contribution in [2.24, 2.45) is 0 Å². The summed E-state index contributed by atoms with van der Waals surface area (Å²) in [7, 11) is 0. The highest BCUT2D eigenvalue weighted by atomic mass is 16.5. The second-order valence-corrected chi connectivity index (χ2v) is 7.16. The Morgan fingerprint density at radius 3 is 2.36 bits per heavy atom. The number of aliphatic carboxylic acids is 1. The van der Waals surface area contributed by atoms with E-state index in [9.17, 15) is 9.59 Å². The molecule has 150 valence electrons. The number of hydrogen-bond donors (Lipinski definition) is 3. The van der Waals surface area contributed by atoms with Crippen LogP contribution in [0.25, 0.3) is 0 Å². The molecule has 0 spiro atoms. The molecule has 0 radical (unpaired) electrons. The highest BCUT2D eigenvalue weighted by molar-refractivity contribution is 6.00. The summed E-state index contributed by atoms with van der Waals surface area (Å²) < 4.78 is 5.84. The topological polar surface area (TPSA) is 87.7 Å². The monoisotopic (exact) mass is 384 g/mol. The maximum Gasteiger partial charge on any atom is 0.323 e. The van der Waals surface area contributed by atoms with Crippen molar-refractivity contribution in [1.29, 1.82) is 0 Å². The molecule has 6 heteroatoms. The lowest BCUT2D eigenvalue weighted by Gasteiger charge is -2.28. The molecule has 0 aliphatic rings. The van der Waals surface area contributed by atoms with E-state index in [-0.39, 0.29) is 12.5 Å². The zero-order valence-electron chi connectivity index (χ0n) is 16.8. The summed E-state index contributed by atoms with van der Waals surface area (Å²) in [6.07, 6.45) is 0.419. The van der Waals surface area contributed by atoms with Crippen molar-refractivity contribution in [1.82, 2.24) is 0 Å². The minimum Gasteiger partial charge on any atom is -0.481 e. The molecule has 0 fully saturated rings. The highest BCUT2D eigenvalue weighted by Gasteiger charge is 2.25. The van der Waals surface area contributed by atoms with Crippen LogP contribution in [0.3, 0.4) is 0 Å². The molecule has 0 aromatic heterocycles. The molecule has 0 heterocycles. The molecule has 0 atom stereocenters. The van der Waals surface area contributed by atoms with Crippen LogP contribution >= 0.6 is 0 Å². The molecule has 2 aromatic carbocycles. The van der Waals surface area contributed by atoms with Gasteiger partial charge in [0.25, 0.3) is 0 Å². The van der Waals surface area contributed by atoms with Crippen molar-refractivity contribution in [3.8, 4) is 0 Å². The summed E-state index contributed by atoms with van der Waals surface area (Å²) in [5, 5.41) is 14.6. The van der Waals surface area contributed by atoms with Crippen molar-refractivity contribution in [3.05, 3.63) is 59.2 Å². The Balaban J connectivity index is 2.26. The zero-order valence-corrected chi connectivity index (χ0v) is 16.8. The Morgan fingerprint density at radius 1 is 1.07 bits per heavy atom. The van der Waals surface area contributed by atoms with Gasteiger partial charge in [-0.15, -0.1) is 0 Å². The van der Waals surface area contributed by atoms with Crippen LogP contribution in [0.1, 0.15) is 43.9 Å². The Kier molecular flexibility index (Phi) is 7.18. The second kappa shape index (κ2) is 9.37. The number of hydrogen-bond acceptors (Lipinski definition) is 3. The van der Waals surface area contributed by atoms with Gasteiger partial charge in [0.2, 0.25) is 0 Å². The first-order valence-corrected chi connectivity index (χ1v) is 9.35. The second-order valence-electron chi connectivity index (χ2n) is 7.16. The number of benzene rings is 2. The Morgan fingerprint density at radius 2 is 1.75 bits per heavy atom. The number of carboxylic acids is 1. The third-order valence-electron chi connectivity index (χ3n) is 4.42. The minimum atomic E-state index is -0.856. The van der Waals surface area contributed by atoms with Crippen LogP contribution in [0.5, 0.6) is 0 Å². The molecule has 28 heavy (non-hydrogen) atoms. The van der Waals surface area contributed by atoms with Crippen molar-refractivity contribution in [2.75, 3.05) is 17.2 Å². The van der Waals surface area contributed by atoms with E-state index in [4.69, 9.17) is 9.84 Å². The molecular formula is C22H28N2O4. The van der Waals surface area contributed by atoms with E-state index in [0.717, 1.165) is 16.7 Å². The SMILES string of the molecule is CCOC(C)(C)c1ccc(CCC(=O)O)cc1NC(=O)Nc1ccc(C)cc1. The number of rotatable bonds is 8. The van der Waals surface area contributed by atoms with Crippen LogP contribution in [0.4, 0.5) is 16.2 Å². The van der Waals surface area contributed by atoms with Gasteiger partial charge in [-0.3, -0.25) is 4.79 Å². The van der Waals surface area contributed by atoms with Gasteiger partial charge >= 0.3 is 12.0 Å². The number of amides is 2. The molecule has 6 nitrogen and oxygen atoms in total. The van der Waals surface area contributed by atoms with Crippen LogP contribution in [-0.4, -0.2) is 23.7 Å². The number of carbonyl (C=O) groups excluding carboxylic acids is 1. The summed E-state index contributed by atoms with van der Waals surface area (Å²) in [5.74, 6) is -0.856. The van der Waals surface area contributed by atoms with E-state index in [1.807, 2.05) is 70.2 Å². The van der Waals surface area contributed by atoms with E-state index in [1.165, 1.54) is 0 Å². The van der Waals surface area contributed by atoms with Gasteiger partial charge in [-0.25, -0.2) is 4.79 Å². The normalized spacial score (nSPS) is 11.1. The zero-order chi connectivity index (χ0) is 20.7. The molecule has 0 saturated carbocycles. The quantitative estimate of drug-likeness (QED) is 0.602. The lowest BCUT2D eigenvalue weighted by Crippen LogP contribution is -2.26. The lowest BCUT2D eigenvalue weighted by molar-refractivity contribution is -0.136. The van der Waals surface area contributed by atoms with E-state index in [2.05, 4.69) is 10.6 Å². The van der Waals surface area contributed by atoms with E-state index in [1.54, 1.807) is 0 Å². The molecule has 0 aliphatic carbocycles. The van der Waals surface area contributed by atoms with Gasteiger partial charge in [0.1, 0.15) is 0 Å². The number of nitrogens with one attached hydrogen (secondary N) is 2. The van der Waals surface area contributed by atoms with E-state index in [0.29, 0.717) is 24.4 Å². The van der Waals surface area contributed by atoms with E-state index < -0.39 is 11.6 Å². The van der Waals surface area contributed by atoms with Gasteiger partial charge in [0.05, 0.1) is 5.60 Å². The average molecular weight is 384 g/mol. The first-order chi connectivity index (χ1) is 13.2. The van der Waals surface area contributed by atoms with Crippen molar-refractivity contribution >= 4 is 23.4 Å². The summed E-state index contributed by atoms with van der Waals surface area (Å²) in [6.45, 7) is 8.30. The minimum absolute atomic E-state index is 0.0310. The molecular weight excluding hydrogens is 356 g/mol. The van der Waals surface area contributed by atoms with Gasteiger partial charge < -0.3 is 20.5 Å². The maximum atomic E-state index is 12.5. The smallest absolute Gasteiger partial charge is 0.323 e. The fraction of sp³-hybridized carbons (Fsp3) is 0.364. The van der Waals surface area contributed by atoms with Crippen molar-refractivity contribution < 1.29 is 19.4 Å². The Hall–Kier alpha value is -2.86. The number of carbonyl (C=O) groups is 2. The average Bonchev–Trinajstić information content (AvgIpc) is 2.62. The van der Waals surface area contributed by atoms with Gasteiger partial charge in [-0.2, -0.15) is 0 Å². The summed E-state index contributed by atoms with van der Waals surface area (Å²) >= 11 is 0. The van der Waals surface area contributed by atoms with Crippen molar-refractivity contribution in [3.63, 3.8) is 0 Å². The predicted octanol–water partition coefficient (Wildman–Crippen LogP) is 4.93. The molecule has 0 aliphatic heterocycles. The molecule has 2 amide bonds. The third kappa shape index (κ3) is 6.09. The fourth-order valence-corrected chi connectivity index (χ4v) is 2.99. The first kappa shape index (κ1) is 21.4. The molecule has 2 aromatic rings. The highest BCUT2D eigenvalue weighted by Crippen LogP contribution is 2.32. The molecule has 0 saturated heterocycles. The van der Waals surface area contributed by atoms with E-state index >= 15 is 0 Å². The first-order valence-electron chi connectivity index (χ1n) is 9.35. The molecule has 0 unspecified atom stereocenters. The van der Waals surface area contributed by atoms with Crippen LogP contribution in [-0.2, 0) is 21.6 Å². The van der Waals surface area contributed by atoms with Gasteiger partial charge in [-0.1, -0.05) is 29.8 Å². The summed E-state index contributed by atoms with van der Waals surface area (Å²) in [6, 6.07) is 12.7. The lowest BCUT2D eigenvalue weighted by atomic mass is 9.93. The summed E-state index contributed by atoms with van der Waals surface area (Å²) in [5.41, 5.74) is 3.46. The van der Waals surface area contributed by atoms with Crippen molar-refractivity contribution in [2.45, 2.75) is 46.1 Å². The Bertz CT molecular complexity index is 829. The predicted molar refractivity (Wildman–Crippen MR) is 111 cm³/mol. The third-order valence-corrected chi connectivity index (χ3v) is 4.42. The van der Waals surface area contributed by atoms with Crippen LogP contribution < -0.4 is 10.6 Å². The van der Waals surface area contributed by atoms with Crippen LogP contribution in [0.15, 0.2) is 42.5 Å². The van der Waals surface area contributed by atoms with Crippen LogP contribution in [0, 0.1) is 6.92 Å². The largest absolute Gasteiger partial charge is 0.481 e. The van der Waals surface area contributed by atoms with Gasteiger partial charge in [-0.05, 0) is 57.9 Å². The maximum absolute atomic E-state index is 12.5. The molecule has 2 rings (SSSR count). The number of urea groups is 1. The fourth-order valence-electron chi connectivity index (χ4n) is 2.99. The number of anilines is 2. The van der Waals surface area contributed by atoms with Gasteiger partial charge in [0, 0.05) is 30.0 Å². The van der Waals surface area contributed by atoms with Crippen LogP contribution in [0.2, 0.25) is 0 Å². The molecule has 0 bridgehead atoms. The number of aryl methyl sites for hydroxylation is 2. The summed E-state index contributed by atoms with van der Waals surface area (Å²) in [4.78, 5) is 23.4. The standard InChI is InChI=1S/C22H28N2O4/c1-5-28-22(3,4)18-12-8-16(9-13-20(25)26)14-19(18)24-21(27)23-17-10-6-15(2)7-11-17/h6-8,10-12,14H,5,9,13H2,1-4H3,(H,25,26)(H2,23,24,27).